The lowest BCUT2D eigenvalue weighted by atomic mass is 10.0. The average molecular weight is 386 g/mol. The second-order valence-corrected chi connectivity index (χ2v) is 7.27. The van der Waals surface area contributed by atoms with Crippen LogP contribution in [0.25, 0.3) is 0 Å². The van der Waals surface area contributed by atoms with Gasteiger partial charge < -0.3 is 20.3 Å². The van der Waals surface area contributed by atoms with Crippen LogP contribution in [0, 0.1) is 0 Å². The molecule has 0 unspecified atom stereocenters. The first kappa shape index (κ1) is 19.4. The Bertz CT molecular complexity index is 770. The standard InChI is InChI=1S/C20H27N5OS/c1-14-9-7-8-12-25(14)17-13-18(26-3)23-19(22-17)24-20(27)21-15(2)16-10-5-4-6-11-16/h4-6,10-11,13-15H,7-9,12H2,1-3H3,(H2,21,22,23,24,27)/t14-,15-/m0/s1. The summed E-state index contributed by atoms with van der Waals surface area (Å²) in [7, 11) is 1.61. The molecule has 0 bridgehead atoms. The monoisotopic (exact) mass is 385 g/mol. The van der Waals surface area contributed by atoms with E-state index in [1.807, 2.05) is 24.3 Å². The maximum atomic E-state index is 5.46. The van der Waals surface area contributed by atoms with E-state index in [9.17, 15) is 0 Å². The molecule has 27 heavy (non-hydrogen) atoms. The largest absolute Gasteiger partial charge is 0.481 e. The highest BCUT2D eigenvalue weighted by Gasteiger charge is 2.21. The Morgan fingerprint density at radius 2 is 2.04 bits per heavy atom. The number of methoxy groups -OCH3 is 1. The Balaban J connectivity index is 1.72. The Morgan fingerprint density at radius 3 is 2.74 bits per heavy atom. The van der Waals surface area contributed by atoms with Crippen LogP contribution in [0.15, 0.2) is 36.4 Å². The molecule has 0 saturated carbocycles. The van der Waals surface area contributed by atoms with E-state index in [0.717, 1.165) is 17.9 Å². The minimum Gasteiger partial charge on any atom is -0.481 e. The van der Waals surface area contributed by atoms with Gasteiger partial charge in [0.05, 0.1) is 13.2 Å². The van der Waals surface area contributed by atoms with E-state index in [1.165, 1.54) is 19.3 Å². The zero-order chi connectivity index (χ0) is 19.2. The van der Waals surface area contributed by atoms with E-state index >= 15 is 0 Å². The first-order chi connectivity index (χ1) is 13.1. The molecule has 0 spiro atoms. The highest BCUT2D eigenvalue weighted by molar-refractivity contribution is 7.80. The van der Waals surface area contributed by atoms with Gasteiger partial charge in [-0.15, -0.1) is 0 Å². The highest BCUT2D eigenvalue weighted by Crippen LogP contribution is 2.26. The SMILES string of the molecule is COc1cc(N2CCCC[C@@H]2C)nc(NC(=S)N[C@@H](C)c2ccccc2)n1. The second-order valence-electron chi connectivity index (χ2n) is 6.86. The smallest absolute Gasteiger partial charge is 0.234 e. The van der Waals surface area contributed by atoms with Gasteiger partial charge in [-0.1, -0.05) is 30.3 Å². The van der Waals surface area contributed by atoms with E-state index in [4.69, 9.17) is 17.0 Å². The van der Waals surface area contributed by atoms with Crippen LogP contribution in [-0.2, 0) is 0 Å². The summed E-state index contributed by atoms with van der Waals surface area (Å²) in [6.45, 7) is 5.29. The van der Waals surface area contributed by atoms with Crippen molar-refractivity contribution in [2.24, 2.45) is 0 Å². The van der Waals surface area contributed by atoms with Crippen molar-refractivity contribution in [3.05, 3.63) is 42.0 Å². The first-order valence-corrected chi connectivity index (χ1v) is 9.80. The van der Waals surface area contributed by atoms with Crippen molar-refractivity contribution in [2.45, 2.75) is 45.2 Å². The van der Waals surface area contributed by atoms with E-state index in [1.54, 1.807) is 7.11 Å². The number of rotatable bonds is 5. The number of anilines is 2. The molecule has 1 aliphatic heterocycles. The van der Waals surface area contributed by atoms with Gasteiger partial charge in [0.2, 0.25) is 11.8 Å². The number of nitrogens with zero attached hydrogens (tertiary/aromatic N) is 3. The molecule has 2 heterocycles. The molecule has 0 amide bonds. The topological polar surface area (TPSA) is 62.3 Å². The summed E-state index contributed by atoms with van der Waals surface area (Å²) in [6, 6.07) is 12.6. The molecular formula is C20H27N5OS. The molecule has 0 radical (unpaired) electrons. The van der Waals surface area contributed by atoms with Gasteiger partial charge in [0.1, 0.15) is 5.82 Å². The highest BCUT2D eigenvalue weighted by atomic mass is 32.1. The zero-order valence-electron chi connectivity index (χ0n) is 16.1. The Labute approximate surface area is 166 Å². The fraction of sp³-hybridized carbons (Fsp3) is 0.450. The summed E-state index contributed by atoms with van der Waals surface area (Å²) in [5.41, 5.74) is 1.16. The van der Waals surface area contributed by atoms with Crippen LogP contribution in [0.2, 0.25) is 0 Å². The van der Waals surface area contributed by atoms with Gasteiger partial charge in [-0.25, -0.2) is 0 Å². The molecule has 144 valence electrons. The minimum absolute atomic E-state index is 0.0818. The van der Waals surface area contributed by atoms with Crippen molar-refractivity contribution >= 4 is 29.1 Å². The number of piperidine rings is 1. The van der Waals surface area contributed by atoms with Gasteiger partial charge in [0, 0.05) is 18.7 Å². The molecule has 1 saturated heterocycles. The van der Waals surface area contributed by atoms with E-state index in [0.29, 0.717) is 23.0 Å². The third kappa shape index (κ3) is 5.07. The first-order valence-electron chi connectivity index (χ1n) is 9.39. The molecule has 2 aromatic rings. The van der Waals surface area contributed by atoms with Crippen molar-refractivity contribution in [3.63, 3.8) is 0 Å². The number of aromatic nitrogens is 2. The summed E-state index contributed by atoms with van der Waals surface area (Å²) in [5.74, 6) is 1.84. The predicted octanol–water partition coefficient (Wildman–Crippen LogP) is 3.91. The number of benzene rings is 1. The molecule has 7 heteroatoms. The second kappa shape index (κ2) is 8.99. The van der Waals surface area contributed by atoms with Crippen molar-refractivity contribution in [2.75, 3.05) is 23.9 Å². The maximum absolute atomic E-state index is 5.46. The average Bonchev–Trinajstić information content (AvgIpc) is 2.68. The van der Waals surface area contributed by atoms with Crippen LogP contribution in [0.3, 0.4) is 0 Å². The molecule has 2 N–H and O–H groups in total. The molecule has 1 fully saturated rings. The molecular weight excluding hydrogens is 358 g/mol. The van der Waals surface area contributed by atoms with Crippen LogP contribution in [0.4, 0.5) is 11.8 Å². The summed E-state index contributed by atoms with van der Waals surface area (Å²) >= 11 is 5.46. The van der Waals surface area contributed by atoms with Gasteiger partial charge in [0.15, 0.2) is 5.11 Å². The zero-order valence-corrected chi connectivity index (χ0v) is 16.9. The summed E-state index contributed by atoms with van der Waals surface area (Å²) < 4.78 is 5.37. The summed E-state index contributed by atoms with van der Waals surface area (Å²) in [5, 5.41) is 6.86. The minimum atomic E-state index is 0.0818. The van der Waals surface area contributed by atoms with Gasteiger partial charge in [-0.05, 0) is 50.9 Å². The fourth-order valence-electron chi connectivity index (χ4n) is 3.32. The third-order valence-corrected chi connectivity index (χ3v) is 5.09. The molecule has 0 aliphatic carbocycles. The van der Waals surface area contributed by atoms with E-state index < -0.39 is 0 Å². The summed E-state index contributed by atoms with van der Waals surface area (Å²) in [6.07, 6.45) is 3.61. The number of hydrogen-bond donors (Lipinski definition) is 2. The Kier molecular flexibility index (Phi) is 6.45. The number of nitrogens with one attached hydrogen (secondary N) is 2. The van der Waals surface area contributed by atoms with Gasteiger partial charge in [0.25, 0.3) is 0 Å². The van der Waals surface area contributed by atoms with Gasteiger partial charge in [-0.2, -0.15) is 9.97 Å². The van der Waals surface area contributed by atoms with Crippen molar-refractivity contribution in [3.8, 4) is 5.88 Å². The predicted molar refractivity (Wildman–Crippen MR) is 113 cm³/mol. The van der Waals surface area contributed by atoms with Crippen LogP contribution in [-0.4, -0.2) is 34.8 Å². The van der Waals surface area contributed by atoms with Crippen LogP contribution in [0.1, 0.15) is 44.7 Å². The van der Waals surface area contributed by atoms with Gasteiger partial charge in [-0.3, -0.25) is 0 Å². The number of hydrogen-bond acceptors (Lipinski definition) is 5. The van der Waals surface area contributed by atoms with Crippen LogP contribution in [0.5, 0.6) is 5.88 Å². The molecule has 6 nitrogen and oxygen atoms in total. The molecule has 1 aromatic carbocycles. The van der Waals surface area contributed by atoms with E-state index in [2.05, 4.69) is 51.5 Å². The molecule has 1 aliphatic rings. The molecule has 2 atom stereocenters. The van der Waals surface area contributed by atoms with Crippen LogP contribution >= 0.6 is 12.2 Å². The quantitative estimate of drug-likeness (QED) is 0.757. The lowest BCUT2D eigenvalue weighted by molar-refractivity contribution is 0.396. The van der Waals surface area contributed by atoms with Crippen LogP contribution < -0.4 is 20.3 Å². The third-order valence-electron chi connectivity index (χ3n) is 4.87. The number of ether oxygens (including phenoxy) is 1. The molecule has 1 aromatic heterocycles. The fourth-order valence-corrected chi connectivity index (χ4v) is 3.59. The Hall–Kier alpha value is -2.41. The van der Waals surface area contributed by atoms with E-state index in [-0.39, 0.29) is 6.04 Å². The van der Waals surface area contributed by atoms with Crippen molar-refractivity contribution < 1.29 is 4.74 Å². The summed E-state index contributed by atoms with van der Waals surface area (Å²) in [4.78, 5) is 11.4. The number of thiocarbonyl (C=S) groups is 1. The Morgan fingerprint density at radius 1 is 1.26 bits per heavy atom. The normalized spacial score (nSPS) is 17.9. The maximum Gasteiger partial charge on any atom is 0.234 e. The lowest BCUT2D eigenvalue weighted by Crippen LogP contribution is -2.38. The molecule has 3 rings (SSSR count). The van der Waals surface area contributed by atoms with Gasteiger partial charge >= 0.3 is 0 Å². The van der Waals surface area contributed by atoms with Crippen molar-refractivity contribution in [1.29, 1.82) is 0 Å². The van der Waals surface area contributed by atoms with Crippen molar-refractivity contribution in [1.82, 2.24) is 15.3 Å². The lowest BCUT2D eigenvalue weighted by Gasteiger charge is -2.34.